The molecule has 1 aromatic heterocycles. The number of benzene rings is 2. The summed E-state index contributed by atoms with van der Waals surface area (Å²) >= 11 is 0. The van der Waals surface area contributed by atoms with Gasteiger partial charge in [-0.3, -0.25) is 24.6 Å². The van der Waals surface area contributed by atoms with E-state index in [1.165, 1.54) is 6.08 Å². The third-order valence-electron chi connectivity index (χ3n) is 6.25. The predicted molar refractivity (Wildman–Crippen MR) is 126 cm³/mol. The van der Waals surface area contributed by atoms with Crippen LogP contribution in [0.5, 0.6) is 0 Å². The van der Waals surface area contributed by atoms with Gasteiger partial charge in [-0.05, 0) is 30.5 Å². The van der Waals surface area contributed by atoms with Crippen LogP contribution in [-0.2, 0) is 27.5 Å². The van der Waals surface area contributed by atoms with Crippen molar-refractivity contribution in [3.05, 3.63) is 77.5 Å². The van der Waals surface area contributed by atoms with Crippen LogP contribution in [0, 0.1) is 0 Å². The summed E-state index contributed by atoms with van der Waals surface area (Å²) in [6, 6.07) is 15.9. The van der Waals surface area contributed by atoms with Gasteiger partial charge in [-0.2, -0.15) is 0 Å². The first-order chi connectivity index (χ1) is 16.5. The summed E-state index contributed by atoms with van der Waals surface area (Å²) in [7, 11) is 0. The number of barbiturate groups is 1. The zero-order valence-electron chi connectivity index (χ0n) is 18.6. The molecule has 2 aromatic carbocycles. The number of carbonyl (C=O) groups is 4. The molecule has 0 atom stereocenters. The molecule has 8 heteroatoms. The van der Waals surface area contributed by atoms with E-state index in [9.17, 15) is 19.2 Å². The molecule has 2 aliphatic heterocycles. The first-order valence-electron chi connectivity index (χ1n) is 11.3. The standard InChI is InChI=1S/C26H24N4O4/c31-23(28-12-6-7-13-28)17-29-16-19(20-10-4-5-11-22(20)29)14-21-24(32)27-26(34)30(25(21)33)15-18-8-2-1-3-9-18/h1-5,8-11,14,16H,6-7,12-13,15,17H2,(H,27,32,34)/b21-14-. The molecule has 5 rings (SSSR count). The van der Waals surface area contributed by atoms with Crippen LogP contribution < -0.4 is 5.32 Å². The molecule has 2 aliphatic rings. The number of nitrogens with one attached hydrogen (secondary N) is 1. The highest BCUT2D eigenvalue weighted by Gasteiger charge is 2.36. The van der Waals surface area contributed by atoms with Gasteiger partial charge < -0.3 is 9.47 Å². The first-order valence-corrected chi connectivity index (χ1v) is 11.3. The lowest BCUT2D eigenvalue weighted by Gasteiger charge is -2.26. The predicted octanol–water partition coefficient (Wildman–Crippen LogP) is 2.93. The zero-order valence-corrected chi connectivity index (χ0v) is 18.6. The van der Waals surface area contributed by atoms with Gasteiger partial charge in [0.15, 0.2) is 0 Å². The van der Waals surface area contributed by atoms with E-state index in [0.29, 0.717) is 5.56 Å². The van der Waals surface area contributed by atoms with Gasteiger partial charge in [0.2, 0.25) is 5.91 Å². The quantitative estimate of drug-likeness (QED) is 0.472. The number of para-hydroxylation sites is 1. The van der Waals surface area contributed by atoms with Crippen molar-refractivity contribution in [1.29, 1.82) is 0 Å². The molecule has 1 N–H and O–H groups in total. The Hall–Kier alpha value is -4.20. The molecule has 2 fully saturated rings. The van der Waals surface area contributed by atoms with Crippen LogP contribution in [0.2, 0.25) is 0 Å². The van der Waals surface area contributed by atoms with Gasteiger partial charge >= 0.3 is 6.03 Å². The molecule has 5 amide bonds. The lowest BCUT2D eigenvalue weighted by atomic mass is 10.1. The SMILES string of the molecule is O=C1NC(=O)N(Cc2ccccc2)C(=O)/C1=C\c1cn(CC(=O)N2CCCC2)c2ccccc12. The summed E-state index contributed by atoms with van der Waals surface area (Å²) in [5.74, 6) is -1.34. The Labute approximate surface area is 196 Å². The van der Waals surface area contributed by atoms with E-state index in [1.54, 1.807) is 6.20 Å². The maximum atomic E-state index is 13.2. The number of fused-ring (bicyclic) bond motifs is 1. The third kappa shape index (κ3) is 4.10. The van der Waals surface area contributed by atoms with Gasteiger partial charge in [0.1, 0.15) is 12.1 Å². The molecule has 0 radical (unpaired) electrons. The summed E-state index contributed by atoms with van der Waals surface area (Å²) in [4.78, 5) is 53.8. The lowest BCUT2D eigenvalue weighted by molar-refractivity contribution is -0.131. The van der Waals surface area contributed by atoms with E-state index in [4.69, 9.17) is 0 Å². The first kappa shape index (κ1) is 21.6. The van der Waals surface area contributed by atoms with E-state index < -0.39 is 17.8 Å². The van der Waals surface area contributed by atoms with Gasteiger partial charge in [-0.1, -0.05) is 48.5 Å². The van der Waals surface area contributed by atoms with Crippen molar-refractivity contribution in [2.24, 2.45) is 0 Å². The molecule has 2 saturated heterocycles. The molecule has 0 unspecified atom stereocenters. The summed E-state index contributed by atoms with van der Waals surface area (Å²) in [6.45, 7) is 1.79. The Morgan fingerprint density at radius 3 is 2.41 bits per heavy atom. The van der Waals surface area contributed by atoms with Crippen LogP contribution in [-0.4, -0.2) is 51.2 Å². The van der Waals surface area contributed by atoms with E-state index in [2.05, 4.69) is 5.32 Å². The van der Waals surface area contributed by atoms with Gasteiger partial charge in [0.25, 0.3) is 11.8 Å². The molecule has 34 heavy (non-hydrogen) atoms. The molecule has 8 nitrogen and oxygen atoms in total. The van der Waals surface area contributed by atoms with Gasteiger partial charge in [-0.15, -0.1) is 0 Å². The Balaban J connectivity index is 1.48. The van der Waals surface area contributed by atoms with Crippen LogP contribution in [0.3, 0.4) is 0 Å². The highest BCUT2D eigenvalue weighted by atomic mass is 16.2. The highest BCUT2D eigenvalue weighted by Crippen LogP contribution is 2.26. The number of rotatable bonds is 5. The van der Waals surface area contributed by atoms with Crippen molar-refractivity contribution >= 4 is 40.7 Å². The second-order valence-electron chi connectivity index (χ2n) is 8.51. The minimum absolute atomic E-state index is 0.0450. The molecule has 0 bridgehead atoms. The third-order valence-corrected chi connectivity index (χ3v) is 6.25. The number of urea groups is 1. The van der Waals surface area contributed by atoms with E-state index in [-0.39, 0.29) is 24.6 Å². The van der Waals surface area contributed by atoms with Crippen molar-refractivity contribution in [2.75, 3.05) is 13.1 Å². The molecule has 0 aliphatic carbocycles. The largest absolute Gasteiger partial charge is 0.341 e. The van der Waals surface area contributed by atoms with Crippen LogP contribution in [0.1, 0.15) is 24.0 Å². The number of nitrogens with zero attached hydrogens (tertiary/aromatic N) is 3. The Bertz CT molecular complexity index is 1320. The highest BCUT2D eigenvalue weighted by molar-refractivity contribution is 6.31. The van der Waals surface area contributed by atoms with Crippen molar-refractivity contribution in [1.82, 2.24) is 19.7 Å². The van der Waals surface area contributed by atoms with Crippen LogP contribution in [0.4, 0.5) is 4.79 Å². The van der Waals surface area contributed by atoms with Gasteiger partial charge in [0, 0.05) is 35.8 Å². The molecule has 172 valence electrons. The Kier molecular flexibility index (Phi) is 5.71. The number of carbonyl (C=O) groups excluding carboxylic acids is 4. The van der Waals surface area contributed by atoms with E-state index in [1.807, 2.05) is 64.1 Å². The number of hydrogen-bond acceptors (Lipinski definition) is 4. The van der Waals surface area contributed by atoms with E-state index >= 15 is 0 Å². The number of aromatic nitrogens is 1. The van der Waals surface area contributed by atoms with Crippen LogP contribution in [0.25, 0.3) is 17.0 Å². The van der Waals surface area contributed by atoms with Crippen LogP contribution >= 0.6 is 0 Å². The average molecular weight is 457 g/mol. The number of hydrogen-bond donors (Lipinski definition) is 1. The normalized spacial score (nSPS) is 17.6. The Morgan fingerprint density at radius 2 is 1.65 bits per heavy atom. The minimum Gasteiger partial charge on any atom is -0.341 e. The van der Waals surface area contributed by atoms with Crippen molar-refractivity contribution < 1.29 is 19.2 Å². The second kappa shape index (κ2) is 8.97. The molecule has 0 spiro atoms. The number of likely N-dealkylation sites (tertiary alicyclic amines) is 1. The second-order valence-corrected chi connectivity index (χ2v) is 8.51. The van der Waals surface area contributed by atoms with Gasteiger partial charge in [-0.25, -0.2) is 4.79 Å². The molecule has 3 aromatic rings. The van der Waals surface area contributed by atoms with E-state index in [0.717, 1.165) is 47.3 Å². The van der Waals surface area contributed by atoms with Crippen molar-refractivity contribution in [3.8, 4) is 0 Å². The minimum atomic E-state index is -0.741. The molecular weight excluding hydrogens is 432 g/mol. The zero-order chi connectivity index (χ0) is 23.7. The van der Waals surface area contributed by atoms with Crippen LogP contribution in [0.15, 0.2) is 66.4 Å². The summed E-state index contributed by atoms with van der Waals surface area (Å²) in [5, 5.41) is 3.08. The summed E-state index contributed by atoms with van der Waals surface area (Å²) in [6.07, 6.45) is 5.32. The maximum Gasteiger partial charge on any atom is 0.331 e. The molecule has 0 saturated carbocycles. The van der Waals surface area contributed by atoms with Crippen molar-refractivity contribution in [2.45, 2.75) is 25.9 Å². The fraction of sp³-hybridized carbons (Fsp3) is 0.231. The summed E-state index contributed by atoms with van der Waals surface area (Å²) in [5.41, 5.74) is 2.13. The fourth-order valence-corrected chi connectivity index (χ4v) is 4.49. The monoisotopic (exact) mass is 456 g/mol. The Morgan fingerprint density at radius 1 is 0.941 bits per heavy atom. The molecular formula is C26H24N4O4. The molecule has 3 heterocycles. The number of imide groups is 2. The summed E-state index contributed by atoms with van der Waals surface area (Å²) < 4.78 is 1.85. The fourth-order valence-electron chi connectivity index (χ4n) is 4.49. The smallest absolute Gasteiger partial charge is 0.331 e. The van der Waals surface area contributed by atoms with Crippen molar-refractivity contribution in [3.63, 3.8) is 0 Å². The average Bonchev–Trinajstić information content (AvgIpc) is 3.49. The lowest BCUT2D eigenvalue weighted by Crippen LogP contribution is -2.53. The number of amides is 5. The topological polar surface area (TPSA) is 91.7 Å². The van der Waals surface area contributed by atoms with Gasteiger partial charge in [0.05, 0.1) is 6.54 Å². The maximum absolute atomic E-state index is 13.2.